The van der Waals surface area contributed by atoms with Crippen molar-refractivity contribution in [1.82, 2.24) is 10.6 Å². The van der Waals surface area contributed by atoms with Crippen molar-refractivity contribution in [2.75, 3.05) is 13.2 Å². The lowest BCUT2D eigenvalue weighted by Gasteiger charge is -2.25. The summed E-state index contributed by atoms with van der Waals surface area (Å²) < 4.78 is 0. The molecule has 3 unspecified atom stereocenters. The third-order valence-corrected chi connectivity index (χ3v) is 1.94. The van der Waals surface area contributed by atoms with E-state index in [0.29, 0.717) is 6.54 Å². The van der Waals surface area contributed by atoms with Gasteiger partial charge >= 0.3 is 0 Å². The predicted molar refractivity (Wildman–Crippen MR) is 63.5 cm³/mol. The van der Waals surface area contributed by atoms with Gasteiger partial charge < -0.3 is 32.3 Å². The first-order valence-electron chi connectivity index (χ1n) is 5.04. The van der Waals surface area contributed by atoms with E-state index in [9.17, 15) is 10.2 Å². The Morgan fingerprint density at radius 2 is 2.12 bits per heavy atom. The summed E-state index contributed by atoms with van der Waals surface area (Å²) in [4.78, 5) is 3.76. The average Bonchev–Trinajstić information content (AvgIpc) is 2.27. The minimum absolute atomic E-state index is 0.201. The lowest BCUT2D eigenvalue weighted by Crippen LogP contribution is -2.49. The Hall–Kier alpha value is -1.31. The third-order valence-electron chi connectivity index (χ3n) is 1.94. The van der Waals surface area contributed by atoms with Crippen molar-refractivity contribution >= 4 is 6.34 Å². The van der Waals surface area contributed by atoms with Gasteiger partial charge in [-0.15, -0.1) is 0 Å². The fourth-order valence-electron chi connectivity index (χ4n) is 1.09. The number of hydrogen-bond acceptors (Lipinski definition) is 6. The lowest BCUT2D eigenvalue weighted by molar-refractivity contribution is 0.0106. The average molecular weight is 231 g/mol. The number of rotatable bonds is 8. The van der Waals surface area contributed by atoms with Gasteiger partial charge in [-0.3, -0.25) is 4.99 Å². The van der Waals surface area contributed by atoms with Crippen LogP contribution in [0.5, 0.6) is 0 Å². The van der Waals surface area contributed by atoms with E-state index in [4.69, 9.17) is 11.5 Å². The molecule has 0 aliphatic carbocycles. The van der Waals surface area contributed by atoms with E-state index in [1.807, 2.05) is 0 Å². The summed E-state index contributed by atoms with van der Waals surface area (Å²) in [6.45, 7) is 2.10. The van der Waals surface area contributed by atoms with Crippen molar-refractivity contribution in [2.45, 2.75) is 25.2 Å². The Kier molecular flexibility index (Phi) is 8.22. The molecule has 0 aromatic carbocycles. The maximum Gasteiger partial charge on any atom is 0.101 e. The largest absolute Gasteiger partial charge is 0.403 e. The van der Waals surface area contributed by atoms with Crippen molar-refractivity contribution in [1.29, 1.82) is 0 Å². The van der Waals surface area contributed by atoms with Crippen LogP contribution in [0.2, 0.25) is 0 Å². The van der Waals surface area contributed by atoms with Crippen LogP contribution < -0.4 is 22.1 Å². The summed E-state index contributed by atoms with van der Waals surface area (Å²) in [6.07, 6.45) is 2.52. The number of aliphatic imine (C=N–C) groups is 1. The number of hydrogen-bond donors (Lipinski definition) is 6. The summed E-state index contributed by atoms with van der Waals surface area (Å²) in [5, 5.41) is 24.6. The first-order valence-corrected chi connectivity index (χ1v) is 5.04. The maximum atomic E-state index is 9.67. The van der Waals surface area contributed by atoms with Gasteiger partial charge in [-0.25, -0.2) is 0 Å². The van der Waals surface area contributed by atoms with Crippen LogP contribution in [0.4, 0.5) is 0 Å². The highest BCUT2D eigenvalue weighted by atomic mass is 16.3. The number of nitrogens with one attached hydrogen (secondary N) is 2. The van der Waals surface area contributed by atoms with Gasteiger partial charge in [-0.2, -0.15) is 0 Å². The number of nitrogens with zero attached hydrogens (tertiary/aromatic N) is 1. The number of aliphatic hydroxyl groups is 2. The Balaban J connectivity index is 4.14. The van der Waals surface area contributed by atoms with Crippen LogP contribution in [-0.4, -0.2) is 48.0 Å². The fourth-order valence-corrected chi connectivity index (χ4v) is 1.09. The molecule has 3 atom stereocenters. The Morgan fingerprint density at radius 1 is 1.44 bits per heavy atom. The van der Waals surface area contributed by atoms with Gasteiger partial charge in [0.15, 0.2) is 0 Å². The smallest absolute Gasteiger partial charge is 0.101 e. The van der Waals surface area contributed by atoms with Crippen LogP contribution in [0.15, 0.2) is 17.4 Å². The van der Waals surface area contributed by atoms with Crippen LogP contribution in [0, 0.1) is 0 Å². The van der Waals surface area contributed by atoms with Gasteiger partial charge in [0, 0.05) is 18.9 Å². The molecule has 0 aromatic rings. The second-order valence-electron chi connectivity index (χ2n) is 3.27. The molecule has 16 heavy (non-hydrogen) atoms. The van der Waals surface area contributed by atoms with Gasteiger partial charge in [-0.05, 0) is 6.92 Å². The molecule has 0 radical (unpaired) electrons. The predicted octanol–water partition coefficient (Wildman–Crippen LogP) is -2.35. The Bertz CT molecular complexity index is 220. The topological polar surface area (TPSA) is 129 Å². The molecule has 0 heterocycles. The maximum absolute atomic E-state index is 9.67. The van der Waals surface area contributed by atoms with Crippen molar-refractivity contribution in [3.8, 4) is 0 Å². The summed E-state index contributed by atoms with van der Waals surface area (Å²) in [5.74, 6) is 0. The zero-order valence-corrected chi connectivity index (χ0v) is 9.37. The van der Waals surface area contributed by atoms with E-state index in [0.717, 1.165) is 0 Å². The standard InChI is InChI=1S/C9H21N5O2/c1-7(15)9(16)8(14-3-2-10)4-12-6-13-5-11/h2-3,6-9,14-16H,4-5,10-11H2,1H3,(H,12,13)/b3-2+. The first-order chi connectivity index (χ1) is 7.63. The van der Waals surface area contributed by atoms with Crippen LogP contribution in [0.3, 0.4) is 0 Å². The van der Waals surface area contributed by atoms with Gasteiger partial charge in [0.1, 0.15) is 6.10 Å². The summed E-state index contributed by atoms with van der Waals surface area (Å²) in [7, 11) is 0. The van der Waals surface area contributed by atoms with Crippen molar-refractivity contribution < 1.29 is 10.2 Å². The molecule has 0 rings (SSSR count). The molecule has 0 spiro atoms. The van der Waals surface area contributed by atoms with E-state index in [1.165, 1.54) is 25.7 Å². The number of aliphatic hydroxyl groups excluding tert-OH is 2. The van der Waals surface area contributed by atoms with Gasteiger partial charge in [0.25, 0.3) is 0 Å². The SMILES string of the molecule is CC(O)C(O)C(CNC=NCN)N/C=C/N. The number of nitrogens with two attached hydrogens (primary N) is 2. The molecule has 0 aliphatic heterocycles. The molecular weight excluding hydrogens is 210 g/mol. The Labute approximate surface area is 95.2 Å². The third kappa shape index (κ3) is 6.23. The van der Waals surface area contributed by atoms with Crippen LogP contribution >= 0.6 is 0 Å². The summed E-state index contributed by atoms with van der Waals surface area (Å²) >= 11 is 0. The quantitative estimate of drug-likeness (QED) is 0.205. The highest BCUT2D eigenvalue weighted by Crippen LogP contribution is 1.98. The van der Waals surface area contributed by atoms with Crippen molar-refractivity contribution in [2.24, 2.45) is 16.5 Å². The highest BCUT2D eigenvalue weighted by molar-refractivity contribution is 5.54. The van der Waals surface area contributed by atoms with E-state index < -0.39 is 12.2 Å². The second-order valence-corrected chi connectivity index (χ2v) is 3.27. The first kappa shape index (κ1) is 14.7. The van der Waals surface area contributed by atoms with Crippen LogP contribution in [0.1, 0.15) is 6.92 Å². The zero-order valence-electron chi connectivity index (χ0n) is 9.37. The van der Waals surface area contributed by atoms with Gasteiger partial charge in [0.2, 0.25) is 0 Å². The molecule has 0 aromatic heterocycles. The van der Waals surface area contributed by atoms with Crippen LogP contribution in [0.25, 0.3) is 0 Å². The Morgan fingerprint density at radius 3 is 2.62 bits per heavy atom. The molecule has 7 heteroatoms. The summed E-state index contributed by atoms with van der Waals surface area (Å²) in [5.41, 5.74) is 10.3. The fraction of sp³-hybridized carbons (Fsp3) is 0.667. The van der Waals surface area contributed by atoms with Gasteiger partial charge in [-0.1, -0.05) is 0 Å². The van der Waals surface area contributed by atoms with E-state index in [-0.39, 0.29) is 12.7 Å². The minimum Gasteiger partial charge on any atom is -0.403 e. The molecule has 7 nitrogen and oxygen atoms in total. The molecule has 0 aliphatic rings. The highest BCUT2D eigenvalue weighted by Gasteiger charge is 2.21. The molecule has 0 saturated heterocycles. The normalized spacial score (nSPS) is 17.5. The monoisotopic (exact) mass is 231 g/mol. The van der Waals surface area contributed by atoms with E-state index >= 15 is 0 Å². The van der Waals surface area contributed by atoms with E-state index in [1.54, 1.807) is 0 Å². The molecule has 0 amide bonds. The van der Waals surface area contributed by atoms with Crippen molar-refractivity contribution in [3.63, 3.8) is 0 Å². The van der Waals surface area contributed by atoms with Crippen molar-refractivity contribution in [3.05, 3.63) is 12.4 Å². The molecule has 8 N–H and O–H groups in total. The zero-order chi connectivity index (χ0) is 12.4. The molecule has 0 saturated carbocycles. The summed E-state index contributed by atoms with van der Waals surface area (Å²) in [6, 6.07) is -0.371. The molecule has 0 fully saturated rings. The minimum atomic E-state index is -0.907. The van der Waals surface area contributed by atoms with Gasteiger partial charge in [0.05, 0.1) is 25.2 Å². The van der Waals surface area contributed by atoms with E-state index in [2.05, 4.69) is 15.6 Å². The van der Waals surface area contributed by atoms with Crippen LogP contribution in [-0.2, 0) is 0 Å². The lowest BCUT2D eigenvalue weighted by atomic mass is 10.1. The second kappa shape index (κ2) is 8.96. The molecular formula is C9H21N5O2. The molecule has 94 valence electrons. The molecule has 0 bridgehead atoms.